The Hall–Kier alpha value is -1.95. The summed E-state index contributed by atoms with van der Waals surface area (Å²) >= 11 is 0. The Morgan fingerprint density at radius 3 is 2.56 bits per heavy atom. The van der Waals surface area contributed by atoms with Crippen molar-refractivity contribution < 1.29 is 13.9 Å². The fraction of sp³-hybridized carbons (Fsp3) is 0.316. The number of rotatable bonds is 7. The van der Waals surface area contributed by atoms with Crippen molar-refractivity contribution >= 4 is 18.3 Å². The largest absolute Gasteiger partial charge is 0.380 e. The van der Waals surface area contributed by atoms with E-state index in [1.54, 1.807) is 19.1 Å². The lowest BCUT2D eigenvalue weighted by molar-refractivity contribution is -0.125. The molecule has 1 amide bonds. The molecule has 2 aromatic rings. The quantitative estimate of drug-likeness (QED) is 0.789. The molecule has 2 unspecified atom stereocenters. The Balaban J connectivity index is 0.00000312. The number of carbonyl (C=O) groups is 1. The molecule has 2 atom stereocenters. The number of hydrogen-bond donors (Lipinski definition) is 2. The zero-order chi connectivity index (χ0) is 17.5. The summed E-state index contributed by atoms with van der Waals surface area (Å²) in [5.74, 6) is -0.818. The zero-order valence-electron chi connectivity index (χ0n) is 14.4. The van der Waals surface area contributed by atoms with Gasteiger partial charge < -0.3 is 15.8 Å². The summed E-state index contributed by atoms with van der Waals surface area (Å²) in [5.41, 5.74) is 8.37. The molecule has 0 fully saturated rings. The maximum Gasteiger partial charge on any atom is 0.225 e. The summed E-state index contributed by atoms with van der Waals surface area (Å²) in [6.07, 6.45) is 0. The fourth-order valence-corrected chi connectivity index (χ4v) is 2.48. The second-order valence-electron chi connectivity index (χ2n) is 5.80. The molecule has 2 rings (SSSR count). The topological polar surface area (TPSA) is 64.3 Å². The van der Waals surface area contributed by atoms with Crippen molar-refractivity contribution in [2.45, 2.75) is 26.1 Å². The van der Waals surface area contributed by atoms with Crippen LogP contribution in [0.2, 0.25) is 0 Å². The highest BCUT2D eigenvalue weighted by molar-refractivity contribution is 5.85. The third-order valence-electron chi connectivity index (χ3n) is 4.01. The van der Waals surface area contributed by atoms with Gasteiger partial charge >= 0.3 is 0 Å². The number of carbonyl (C=O) groups excluding carboxylic acids is 1. The van der Waals surface area contributed by atoms with Gasteiger partial charge in [-0.1, -0.05) is 43.3 Å². The van der Waals surface area contributed by atoms with Crippen molar-refractivity contribution in [2.75, 3.05) is 7.11 Å². The third-order valence-corrected chi connectivity index (χ3v) is 4.01. The predicted octanol–water partition coefficient (Wildman–Crippen LogP) is 3.35. The van der Waals surface area contributed by atoms with Gasteiger partial charge in [-0.3, -0.25) is 4.79 Å². The minimum absolute atomic E-state index is 0. The molecule has 2 aromatic carbocycles. The molecular formula is C19H24ClFN2O2. The van der Waals surface area contributed by atoms with E-state index >= 15 is 0 Å². The van der Waals surface area contributed by atoms with Gasteiger partial charge in [0, 0.05) is 25.3 Å². The van der Waals surface area contributed by atoms with Gasteiger partial charge in [0.05, 0.1) is 12.5 Å². The predicted molar refractivity (Wildman–Crippen MR) is 98.7 cm³/mol. The van der Waals surface area contributed by atoms with Crippen LogP contribution in [0, 0.1) is 11.7 Å². The van der Waals surface area contributed by atoms with Gasteiger partial charge in [-0.2, -0.15) is 0 Å². The van der Waals surface area contributed by atoms with Crippen LogP contribution in [0.4, 0.5) is 4.39 Å². The Morgan fingerprint density at radius 1 is 1.24 bits per heavy atom. The van der Waals surface area contributed by atoms with Crippen LogP contribution in [0.3, 0.4) is 0 Å². The van der Waals surface area contributed by atoms with Gasteiger partial charge in [-0.15, -0.1) is 12.4 Å². The number of benzene rings is 2. The van der Waals surface area contributed by atoms with E-state index in [1.165, 1.54) is 13.2 Å². The van der Waals surface area contributed by atoms with Gasteiger partial charge in [0.1, 0.15) is 5.82 Å². The van der Waals surface area contributed by atoms with Crippen LogP contribution in [-0.2, 0) is 22.7 Å². The maximum atomic E-state index is 13.6. The molecule has 0 aliphatic heterocycles. The number of nitrogens with two attached hydrogens (primary N) is 1. The summed E-state index contributed by atoms with van der Waals surface area (Å²) in [4.78, 5) is 12.3. The molecule has 0 saturated carbocycles. The first kappa shape index (κ1) is 21.1. The molecule has 0 aliphatic carbocycles. The van der Waals surface area contributed by atoms with Crippen molar-refractivity contribution in [3.63, 3.8) is 0 Å². The molecule has 0 aromatic heterocycles. The first-order chi connectivity index (χ1) is 11.5. The van der Waals surface area contributed by atoms with E-state index in [-0.39, 0.29) is 42.7 Å². The molecule has 0 spiro atoms. The van der Waals surface area contributed by atoms with Crippen LogP contribution in [0.5, 0.6) is 0 Å². The molecule has 0 bridgehead atoms. The third kappa shape index (κ3) is 5.81. The van der Waals surface area contributed by atoms with E-state index in [9.17, 15) is 9.18 Å². The Bertz CT molecular complexity index is 682. The summed E-state index contributed by atoms with van der Waals surface area (Å²) in [6.45, 7) is 2.32. The number of hydrogen-bond acceptors (Lipinski definition) is 3. The van der Waals surface area contributed by atoms with E-state index < -0.39 is 0 Å². The highest BCUT2D eigenvalue weighted by atomic mass is 35.5. The van der Waals surface area contributed by atoms with Gasteiger partial charge in [0.25, 0.3) is 0 Å². The van der Waals surface area contributed by atoms with E-state index in [2.05, 4.69) is 5.32 Å². The van der Waals surface area contributed by atoms with Crippen LogP contribution in [0.25, 0.3) is 0 Å². The number of amides is 1. The SMILES string of the molecule is COCc1cc(CNC(=O)C(C)C(N)c2ccccc2)ccc1F.Cl. The number of ether oxygens (including phenoxy) is 1. The molecule has 0 aliphatic rings. The zero-order valence-corrected chi connectivity index (χ0v) is 15.2. The Kier molecular flexibility index (Phi) is 8.55. The minimum Gasteiger partial charge on any atom is -0.380 e. The average Bonchev–Trinajstić information content (AvgIpc) is 2.61. The minimum atomic E-state index is -0.372. The lowest BCUT2D eigenvalue weighted by Gasteiger charge is -2.20. The maximum absolute atomic E-state index is 13.6. The standard InChI is InChI=1S/C19H23FN2O2.ClH/c1-13(18(21)15-6-4-3-5-7-15)19(23)22-11-14-8-9-17(20)16(10-14)12-24-2;/h3-10,13,18H,11-12,21H2,1-2H3,(H,22,23);1H. The highest BCUT2D eigenvalue weighted by Gasteiger charge is 2.21. The lowest BCUT2D eigenvalue weighted by atomic mass is 9.94. The van der Waals surface area contributed by atoms with Crippen LogP contribution >= 0.6 is 12.4 Å². The first-order valence-electron chi connectivity index (χ1n) is 7.87. The molecule has 3 N–H and O–H groups in total. The summed E-state index contributed by atoms with van der Waals surface area (Å²) in [6, 6.07) is 13.9. The number of nitrogens with one attached hydrogen (secondary N) is 1. The second kappa shape index (κ2) is 10.1. The number of methoxy groups -OCH3 is 1. The molecule has 0 saturated heterocycles. The lowest BCUT2D eigenvalue weighted by Crippen LogP contribution is -2.35. The van der Waals surface area contributed by atoms with Crippen molar-refractivity contribution in [3.8, 4) is 0 Å². The molecule has 136 valence electrons. The molecule has 0 radical (unpaired) electrons. The summed E-state index contributed by atoms with van der Waals surface area (Å²) < 4.78 is 18.6. The molecule has 25 heavy (non-hydrogen) atoms. The van der Waals surface area contributed by atoms with Gasteiger partial charge in [0.2, 0.25) is 5.91 Å². The van der Waals surface area contributed by atoms with Crippen LogP contribution in [-0.4, -0.2) is 13.0 Å². The molecule has 6 heteroatoms. The average molecular weight is 367 g/mol. The van der Waals surface area contributed by atoms with Crippen LogP contribution in [0.15, 0.2) is 48.5 Å². The van der Waals surface area contributed by atoms with E-state index in [0.29, 0.717) is 12.1 Å². The van der Waals surface area contributed by atoms with Crippen molar-refractivity contribution in [1.29, 1.82) is 0 Å². The van der Waals surface area contributed by atoms with Crippen LogP contribution in [0.1, 0.15) is 29.7 Å². The summed E-state index contributed by atoms with van der Waals surface area (Å²) in [5, 5.41) is 2.86. The van der Waals surface area contributed by atoms with Crippen molar-refractivity contribution in [1.82, 2.24) is 5.32 Å². The fourth-order valence-electron chi connectivity index (χ4n) is 2.48. The Labute approximate surface area is 154 Å². The second-order valence-corrected chi connectivity index (χ2v) is 5.80. The van der Waals surface area contributed by atoms with E-state index in [1.807, 2.05) is 30.3 Å². The molecule has 4 nitrogen and oxygen atoms in total. The smallest absolute Gasteiger partial charge is 0.225 e. The normalized spacial score (nSPS) is 12.8. The van der Waals surface area contributed by atoms with Crippen molar-refractivity contribution in [2.24, 2.45) is 11.7 Å². The first-order valence-corrected chi connectivity index (χ1v) is 7.87. The van der Waals surface area contributed by atoms with Gasteiger partial charge in [-0.25, -0.2) is 4.39 Å². The summed E-state index contributed by atoms with van der Waals surface area (Å²) in [7, 11) is 1.51. The van der Waals surface area contributed by atoms with Crippen LogP contribution < -0.4 is 11.1 Å². The Morgan fingerprint density at radius 2 is 1.92 bits per heavy atom. The highest BCUT2D eigenvalue weighted by Crippen LogP contribution is 2.19. The van der Waals surface area contributed by atoms with E-state index in [0.717, 1.165) is 11.1 Å². The molecular weight excluding hydrogens is 343 g/mol. The van der Waals surface area contributed by atoms with E-state index in [4.69, 9.17) is 10.5 Å². The van der Waals surface area contributed by atoms with Crippen molar-refractivity contribution in [3.05, 3.63) is 71.0 Å². The van der Waals surface area contributed by atoms with Gasteiger partial charge in [-0.05, 0) is 23.3 Å². The number of halogens is 2. The monoisotopic (exact) mass is 366 g/mol. The molecule has 0 heterocycles. The van der Waals surface area contributed by atoms with Gasteiger partial charge in [0.15, 0.2) is 0 Å².